The summed E-state index contributed by atoms with van der Waals surface area (Å²) in [6, 6.07) is 17.0. The van der Waals surface area contributed by atoms with Crippen LogP contribution in [0.1, 0.15) is 85.8 Å². The Morgan fingerprint density at radius 2 is 1.78 bits per heavy atom. The molecule has 7 fully saturated rings. The number of nitrogens with zero attached hydrogens (tertiary/aromatic N) is 4. The average Bonchev–Trinajstić information content (AvgIpc) is 3.76. The Morgan fingerprint density at radius 1 is 1.02 bits per heavy atom. The first-order chi connectivity index (χ1) is 28.6. The number of aliphatic hydroxyl groups is 1. The highest BCUT2D eigenvalue weighted by Crippen LogP contribution is 2.47. The van der Waals surface area contributed by atoms with E-state index in [2.05, 4.69) is 39.3 Å². The third-order valence-electron chi connectivity index (χ3n) is 12.8. The molecule has 2 bridgehead atoms. The molecule has 2 aromatic heterocycles. The molecule has 4 atom stereocenters. The Morgan fingerprint density at radius 3 is 2.31 bits per heavy atom. The predicted octanol–water partition coefficient (Wildman–Crippen LogP) is 9.64. The molecular formula is C46H49Cl2F3N6O2. The number of fused-ring (bicyclic) bond motifs is 5. The first kappa shape index (κ1) is 41.7. The number of aromatic nitrogens is 2. The van der Waals surface area contributed by atoms with Crippen molar-refractivity contribution in [2.45, 2.75) is 88.4 Å². The van der Waals surface area contributed by atoms with E-state index >= 15 is 4.39 Å². The maximum atomic E-state index is 16.7. The van der Waals surface area contributed by atoms with Crippen molar-refractivity contribution >= 4 is 51.3 Å². The summed E-state index contributed by atoms with van der Waals surface area (Å²) < 4.78 is 41.6. The maximum absolute atomic E-state index is 16.7. The smallest absolute Gasteiger partial charge is 0.157 e. The molecule has 5 saturated heterocycles. The van der Waals surface area contributed by atoms with Crippen molar-refractivity contribution in [3.8, 4) is 17.2 Å². The zero-order valence-electron chi connectivity index (χ0n) is 33.1. The van der Waals surface area contributed by atoms with Gasteiger partial charge in [-0.25, -0.2) is 18.2 Å². The van der Waals surface area contributed by atoms with Gasteiger partial charge in [0.1, 0.15) is 23.4 Å². The molecule has 0 radical (unpaired) electrons. The summed E-state index contributed by atoms with van der Waals surface area (Å²) in [5.41, 5.74) is 4.84. The van der Waals surface area contributed by atoms with E-state index in [0.717, 1.165) is 103 Å². The van der Waals surface area contributed by atoms with Crippen LogP contribution in [0.5, 0.6) is 0 Å². The van der Waals surface area contributed by atoms with E-state index in [4.69, 9.17) is 33.3 Å². The van der Waals surface area contributed by atoms with Crippen LogP contribution in [0.25, 0.3) is 32.9 Å². The number of aliphatic hydroxyl groups excluding tert-OH is 1. The maximum Gasteiger partial charge on any atom is 0.157 e. The Labute approximate surface area is 352 Å². The highest BCUT2D eigenvalue weighted by Gasteiger charge is 2.48. The molecule has 5 aliphatic heterocycles. The molecule has 0 amide bonds. The minimum atomic E-state index is -0.706. The van der Waals surface area contributed by atoms with E-state index in [0.29, 0.717) is 57.0 Å². The molecule has 0 spiro atoms. The van der Waals surface area contributed by atoms with E-state index < -0.39 is 24.1 Å². The second-order valence-electron chi connectivity index (χ2n) is 16.8. The molecule has 3 N–H and O–H groups in total. The van der Waals surface area contributed by atoms with Crippen LogP contribution in [-0.4, -0.2) is 76.5 Å². The number of likely N-dealkylation sites (tertiary alicyclic amines) is 1. The van der Waals surface area contributed by atoms with E-state index in [1.807, 2.05) is 6.07 Å². The number of pyridine rings is 1. The summed E-state index contributed by atoms with van der Waals surface area (Å²) in [5, 5.41) is 23.7. The highest BCUT2D eigenvalue weighted by molar-refractivity contribution is 6.43. The molecule has 310 valence electrons. The first-order valence-electron chi connectivity index (χ1n) is 20.8. The summed E-state index contributed by atoms with van der Waals surface area (Å²) in [5.74, 6) is 0.0141. The highest BCUT2D eigenvalue weighted by atomic mass is 35.5. The normalized spacial score (nSPS) is 24.8. The first-order valence-corrected chi connectivity index (χ1v) is 21.5. The number of hydrogen-bond donors (Lipinski definition) is 3. The third kappa shape index (κ3) is 8.77. The lowest BCUT2D eigenvalue weighted by molar-refractivity contribution is -0.108. The fraction of sp³-hybridized carbons (Fsp3) is 0.457. The van der Waals surface area contributed by atoms with Crippen LogP contribution in [0.4, 0.5) is 13.2 Å². The molecule has 8 nitrogen and oxygen atoms in total. The van der Waals surface area contributed by atoms with Gasteiger partial charge in [0.05, 0.1) is 33.9 Å². The van der Waals surface area contributed by atoms with Crippen molar-refractivity contribution in [3.63, 3.8) is 0 Å². The van der Waals surface area contributed by atoms with Crippen LogP contribution >= 0.6 is 23.2 Å². The summed E-state index contributed by atoms with van der Waals surface area (Å²) >= 11 is 12.9. The molecule has 2 saturated carbocycles. The number of carbonyl (C=O) groups excluding carboxylic acids is 1. The number of rotatable bonds is 7. The monoisotopic (exact) mass is 844 g/mol. The van der Waals surface area contributed by atoms with Crippen molar-refractivity contribution in [1.82, 2.24) is 25.1 Å². The molecule has 13 heteroatoms. The Hall–Kier alpha value is -4.02. The zero-order chi connectivity index (χ0) is 41.4. The van der Waals surface area contributed by atoms with Crippen LogP contribution in [0, 0.1) is 40.6 Å². The number of hydrogen-bond acceptors (Lipinski definition) is 7. The number of benzene rings is 3. The number of carbonyl (C=O) groups is 1. The summed E-state index contributed by atoms with van der Waals surface area (Å²) in [7, 11) is 2.17. The SMILES string of the molecule is C1NC2CC1C2.CN1CCCC1c1cc2c(C3CCN4CC34)nc3c(F)c(-c4cccc(Cl)c4Cl)c(CCC#N)cc3c2[nH]1.O=CC1CC1.OCc1c(F)cccc1F. The second-order valence-corrected chi connectivity index (χ2v) is 17.5. The fourth-order valence-corrected chi connectivity index (χ4v) is 9.57. The van der Waals surface area contributed by atoms with Crippen molar-refractivity contribution in [1.29, 1.82) is 5.26 Å². The van der Waals surface area contributed by atoms with Gasteiger partial charge in [-0.3, -0.25) is 9.80 Å². The fourth-order valence-electron chi connectivity index (χ4n) is 9.17. The van der Waals surface area contributed by atoms with Gasteiger partial charge in [-0.15, -0.1) is 0 Å². The van der Waals surface area contributed by atoms with Gasteiger partial charge in [-0.2, -0.15) is 5.26 Å². The zero-order valence-corrected chi connectivity index (χ0v) is 34.6. The lowest BCUT2D eigenvalue weighted by Gasteiger charge is -2.19. The van der Waals surface area contributed by atoms with Crippen LogP contribution in [0.15, 0.2) is 48.5 Å². The number of piperidine rings is 1. The summed E-state index contributed by atoms with van der Waals surface area (Å²) in [6.07, 6.45) is 10.2. The quantitative estimate of drug-likeness (QED) is 0.111. The molecule has 5 aromatic rings. The Kier molecular flexibility index (Phi) is 12.7. The molecule has 59 heavy (non-hydrogen) atoms. The minimum absolute atomic E-state index is 0.271. The number of halogens is 5. The van der Waals surface area contributed by atoms with Crippen LogP contribution in [0.3, 0.4) is 0 Å². The van der Waals surface area contributed by atoms with Crippen LogP contribution < -0.4 is 5.32 Å². The largest absolute Gasteiger partial charge is 0.391 e. The molecule has 7 aliphatic rings. The van der Waals surface area contributed by atoms with E-state index in [1.54, 1.807) is 18.2 Å². The third-order valence-corrected chi connectivity index (χ3v) is 13.6. The van der Waals surface area contributed by atoms with Gasteiger partial charge in [0.15, 0.2) is 5.82 Å². The number of nitriles is 1. The molecule has 7 heterocycles. The van der Waals surface area contributed by atoms with Gasteiger partial charge >= 0.3 is 0 Å². The molecule has 4 unspecified atom stereocenters. The van der Waals surface area contributed by atoms with Gasteiger partial charge in [0.2, 0.25) is 0 Å². The van der Waals surface area contributed by atoms with E-state index in [-0.39, 0.29) is 12.0 Å². The Bertz CT molecular complexity index is 2360. The Balaban J connectivity index is 0.000000185. The number of aromatic amines is 1. The number of aryl methyl sites for hydroxylation is 1. The van der Waals surface area contributed by atoms with Gasteiger partial charge in [-0.1, -0.05) is 41.4 Å². The molecular weight excluding hydrogens is 796 g/mol. The summed E-state index contributed by atoms with van der Waals surface area (Å²) in [4.78, 5) is 23.2. The molecule has 2 aliphatic carbocycles. The van der Waals surface area contributed by atoms with Gasteiger partial charge in [0, 0.05) is 76.1 Å². The van der Waals surface area contributed by atoms with Crippen molar-refractivity contribution in [3.05, 3.63) is 98.5 Å². The minimum Gasteiger partial charge on any atom is -0.391 e. The predicted molar refractivity (Wildman–Crippen MR) is 226 cm³/mol. The van der Waals surface area contributed by atoms with Crippen molar-refractivity contribution in [2.75, 3.05) is 33.2 Å². The number of nitrogens with one attached hydrogen (secondary N) is 2. The standard InChI is InChI=1S/C30H28Cl2FN5.C7H6F2O.C5H9N.C4H6O/c1-37-11-4-8-23(37)22-14-20-28(17-9-12-38-15-24(17)38)36-30-19(29(20)35-22)13-16(5-3-10-34)25(27(30)33)18-6-2-7-21(31)26(18)32;8-6-2-1-3-7(9)5(6)4-10;1-4-2-5(1)6-3-4;5-3-4-1-2-4/h2,6-7,13-14,17,23-24,35H,3-5,8-9,11-12,15H2,1H3;1-3,10H,4H2;4-6H,1-3H2;3-4H,1-2H2. The van der Waals surface area contributed by atoms with Gasteiger partial charge in [0.25, 0.3) is 0 Å². The van der Waals surface area contributed by atoms with E-state index in [9.17, 15) is 18.8 Å². The van der Waals surface area contributed by atoms with Crippen LogP contribution in [0.2, 0.25) is 10.0 Å². The average molecular weight is 846 g/mol. The van der Waals surface area contributed by atoms with Gasteiger partial charge < -0.3 is 20.2 Å². The molecule has 3 aromatic carbocycles. The summed E-state index contributed by atoms with van der Waals surface area (Å²) in [6.45, 7) is 3.94. The lowest BCUT2D eigenvalue weighted by Crippen LogP contribution is -2.23. The topological polar surface area (TPSA) is 108 Å². The number of H-pyrrole nitrogens is 1. The van der Waals surface area contributed by atoms with Crippen LogP contribution in [-0.2, 0) is 17.8 Å². The number of aldehydes is 1. The van der Waals surface area contributed by atoms with Crippen molar-refractivity contribution in [2.24, 2.45) is 11.8 Å². The van der Waals surface area contributed by atoms with Gasteiger partial charge in [-0.05, 0) is 120 Å². The molecule has 12 rings (SSSR count). The lowest BCUT2D eigenvalue weighted by atomic mass is 9.87. The van der Waals surface area contributed by atoms with Crippen molar-refractivity contribution < 1.29 is 23.1 Å². The van der Waals surface area contributed by atoms with E-state index in [1.165, 1.54) is 37.6 Å². The second kappa shape index (κ2) is 17.9.